The molecule has 1 amide bonds. The van der Waals surface area contributed by atoms with E-state index in [9.17, 15) is 14.3 Å². The molecular formula is C16H14FN3O4. The molecule has 0 spiro atoms. The number of aliphatic hydroxyl groups excluding tert-OH is 1. The second-order valence-corrected chi connectivity index (χ2v) is 5.83. The zero-order chi connectivity index (χ0) is 16.8. The van der Waals surface area contributed by atoms with Gasteiger partial charge in [-0.05, 0) is 25.1 Å². The molecule has 0 unspecified atom stereocenters. The van der Waals surface area contributed by atoms with Crippen LogP contribution in [0.1, 0.15) is 34.5 Å². The lowest BCUT2D eigenvalue weighted by Crippen LogP contribution is -2.32. The lowest BCUT2D eigenvalue weighted by Gasteiger charge is -2.21. The third kappa shape index (κ3) is 2.35. The molecule has 124 valence electrons. The lowest BCUT2D eigenvalue weighted by atomic mass is 10.1. The summed E-state index contributed by atoms with van der Waals surface area (Å²) >= 11 is 0. The second-order valence-electron chi connectivity index (χ2n) is 5.83. The predicted molar refractivity (Wildman–Crippen MR) is 79.6 cm³/mol. The van der Waals surface area contributed by atoms with Gasteiger partial charge in [0.05, 0.1) is 17.9 Å². The number of nitrogens with zero attached hydrogens (tertiary/aromatic N) is 3. The van der Waals surface area contributed by atoms with E-state index in [1.807, 2.05) is 0 Å². The standard InChI is InChI=1S/C16H14FN3O4/c1-8-18-15(24-19-8)13-6-11(21)7-20(13)16(22)12-5-10(17)4-9-2-3-23-14(9)12/h2-5,11,13,21H,6-7H2,1H3/t11-,13+/m0/s1. The van der Waals surface area contributed by atoms with Crippen molar-refractivity contribution in [3.63, 3.8) is 0 Å². The summed E-state index contributed by atoms with van der Waals surface area (Å²) in [5.41, 5.74) is 0.411. The highest BCUT2D eigenvalue weighted by Crippen LogP contribution is 2.34. The van der Waals surface area contributed by atoms with E-state index < -0.39 is 23.9 Å². The zero-order valence-corrected chi connectivity index (χ0v) is 12.8. The maximum Gasteiger partial charge on any atom is 0.258 e. The first kappa shape index (κ1) is 14.8. The normalized spacial score (nSPS) is 20.9. The van der Waals surface area contributed by atoms with Crippen molar-refractivity contribution in [1.82, 2.24) is 15.0 Å². The predicted octanol–water partition coefficient (Wildman–Crippen LogP) is 2.21. The Hall–Kier alpha value is -2.74. The van der Waals surface area contributed by atoms with Gasteiger partial charge < -0.3 is 18.9 Å². The molecule has 0 aliphatic carbocycles. The van der Waals surface area contributed by atoms with Gasteiger partial charge in [0.25, 0.3) is 5.91 Å². The van der Waals surface area contributed by atoms with Crippen molar-refractivity contribution in [1.29, 1.82) is 0 Å². The van der Waals surface area contributed by atoms with Gasteiger partial charge in [0.15, 0.2) is 5.82 Å². The fourth-order valence-corrected chi connectivity index (χ4v) is 3.08. The number of β-amino-alcohol motifs (C(OH)–C–C–N with tert-alkyl or cyclic N) is 1. The Balaban J connectivity index is 1.75. The Morgan fingerprint density at radius 2 is 2.29 bits per heavy atom. The van der Waals surface area contributed by atoms with Gasteiger partial charge in [-0.2, -0.15) is 4.98 Å². The van der Waals surface area contributed by atoms with Crippen LogP contribution in [-0.2, 0) is 0 Å². The summed E-state index contributed by atoms with van der Waals surface area (Å²) in [6.45, 7) is 1.77. The minimum Gasteiger partial charge on any atom is -0.464 e. The van der Waals surface area contributed by atoms with Gasteiger partial charge in [-0.1, -0.05) is 5.16 Å². The van der Waals surface area contributed by atoms with Crippen molar-refractivity contribution in [3.05, 3.63) is 47.6 Å². The van der Waals surface area contributed by atoms with Gasteiger partial charge in [-0.15, -0.1) is 0 Å². The minimum absolute atomic E-state index is 0.101. The minimum atomic E-state index is -0.716. The van der Waals surface area contributed by atoms with Crippen LogP contribution < -0.4 is 0 Å². The molecule has 24 heavy (non-hydrogen) atoms. The lowest BCUT2D eigenvalue weighted by molar-refractivity contribution is 0.0694. The first-order chi connectivity index (χ1) is 11.5. The number of hydrogen-bond acceptors (Lipinski definition) is 6. The van der Waals surface area contributed by atoms with Gasteiger partial charge in [-0.25, -0.2) is 4.39 Å². The molecule has 3 aromatic rings. The van der Waals surface area contributed by atoms with E-state index in [0.717, 1.165) is 6.07 Å². The van der Waals surface area contributed by atoms with Crippen LogP contribution in [0.2, 0.25) is 0 Å². The van der Waals surface area contributed by atoms with Crippen LogP contribution >= 0.6 is 0 Å². The molecule has 3 heterocycles. The summed E-state index contributed by atoms with van der Waals surface area (Å²) in [5.74, 6) is -0.286. The van der Waals surface area contributed by atoms with Crippen LogP contribution in [0.3, 0.4) is 0 Å². The summed E-state index contributed by atoms with van der Waals surface area (Å²) in [4.78, 5) is 18.5. The number of likely N-dealkylation sites (tertiary alicyclic amines) is 1. The highest BCUT2D eigenvalue weighted by atomic mass is 19.1. The van der Waals surface area contributed by atoms with E-state index >= 15 is 0 Å². The topological polar surface area (TPSA) is 92.6 Å². The quantitative estimate of drug-likeness (QED) is 0.774. The van der Waals surface area contributed by atoms with Gasteiger partial charge >= 0.3 is 0 Å². The third-order valence-corrected chi connectivity index (χ3v) is 4.11. The van der Waals surface area contributed by atoms with Gasteiger partial charge in [-0.3, -0.25) is 4.79 Å². The Morgan fingerprint density at radius 1 is 1.46 bits per heavy atom. The molecule has 0 bridgehead atoms. The number of hydrogen-bond donors (Lipinski definition) is 1. The number of furan rings is 1. The number of benzene rings is 1. The molecular weight excluding hydrogens is 317 g/mol. The summed E-state index contributed by atoms with van der Waals surface area (Å²) in [6, 6.07) is 3.47. The molecule has 7 nitrogen and oxygen atoms in total. The van der Waals surface area contributed by atoms with Crippen molar-refractivity contribution in [2.45, 2.75) is 25.5 Å². The largest absolute Gasteiger partial charge is 0.464 e. The van der Waals surface area contributed by atoms with Gasteiger partial charge in [0.1, 0.15) is 17.4 Å². The Morgan fingerprint density at radius 3 is 3.04 bits per heavy atom. The first-order valence-corrected chi connectivity index (χ1v) is 7.49. The number of aliphatic hydroxyl groups is 1. The van der Waals surface area contributed by atoms with Crippen molar-refractivity contribution in [2.75, 3.05) is 6.54 Å². The highest BCUT2D eigenvalue weighted by molar-refractivity contribution is 6.05. The number of carbonyl (C=O) groups excluding carboxylic acids is 1. The fourth-order valence-electron chi connectivity index (χ4n) is 3.08. The van der Waals surface area contributed by atoms with E-state index in [2.05, 4.69) is 10.1 Å². The Bertz CT molecular complexity index is 919. The number of rotatable bonds is 2. The number of amides is 1. The third-order valence-electron chi connectivity index (χ3n) is 4.11. The van der Waals surface area contributed by atoms with Crippen molar-refractivity contribution in [2.24, 2.45) is 0 Å². The molecule has 1 saturated heterocycles. The number of aryl methyl sites for hydroxylation is 1. The van der Waals surface area contributed by atoms with Crippen molar-refractivity contribution in [3.8, 4) is 0 Å². The molecule has 0 saturated carbocycles. The molecule has 2 atom stereocenters. The van der Waals surface area contributed by atoms with E-state index in [0.29, 0.717) is 16.8 Å². The molecule has 2 aromatic heterocycles. The number of halogens is 1. The van der Waals surface area contributed by atoms with Crippen LogP contribution in [0, 0.1) is 12.7 Å². The first-order valence-electron chi connectivity index (χ1n) is 7.49. The molecule has 0 radical (unpaired) electrons. The van der Waals surface area contributed by atoms with Crippen LogP contribution in [-0.4, -0.2) is 38.7 Å². The Kier molecular flexibility index (Phi) is 3.34. The van der Waals surface area contributed by atoms with E-state index in [-0.39, 0.29) is 24.4 Å². The summed E-state index contributed by atoms with van der Waals surface area (Å²) in [6.07, 6.45) is 0.967. The molecule has 1 aromatic carbocycles. The van der Waals surface area contributed by atoms with Crippen LogP contribution in [0.25, 0.3) is 11.0 Å². The summed E-state index contributed by atoms with van der Waals surface area (Å²) < 4.78 is 24.3. The molecule has 4 rings (SSSR count). The van der Waals surface area contributed by atoms with Gasteiger partial charge in [0, 0.05) is 18.4 Å². The average Bonchev–Trinajstić information content (AvgIpc) is 3.24. The SMILES string of the molecule is Cc1noc([C@H]2C[C@H](O)CN2C(=O)c2cc(F)cc3ccoc23)n1. The zero-order valence-electron chi connectivity index (χ0n) is 12.8. The van der Waals surface area contributed by atoms with E-state index in [1.165, 1.54) is 17.2 Å². The van der Waals surface area contributed by atoms with Crippen LogP contribution in [0.5, 0.6) is 0 Å². The second kappa shape index (κ2) is 5.41. The monoisotopic (exact) mass is 331 g/mol. The molecule has 1 aliphatic heterocycles. The number of fused-ring (bicyclic) bond motifs is 1. The maximum absolute atomic E-state index is 13.8. The van der Waals surface area contributed by atoms with Crippen LogP contribution in [0.15, 0.2) is 33.4 Å². The molecule has 1 fully saturated rings. The fraction of sp³-hybridized carbons (Fsp3) is 0.312. The molecule has 8 heteroatoms. The van der Waals surface area contributed by atoms with E-state index in [4.69, 9.17) is 8.94 Å². The summed E-state index contributed by atoms with van der Waals surface area (Å²) in [5, 5.41) is 14.2. The smallest absolute Gasteiger partial charge is 0.258 e. The Labute approximate surface area is 135 Å². The molecule has 1 N–H and O–H groups in total. The van der Waals surface area contributed by atoms with Crippen LogP contribution in [0.4, 0.5) is 4.39 Å². The molecule has 1 aliphatic rings. The maximum atomic E-state index is 13.8. The number of carbonyl (C=O) groups is 1. The van der Waals surface area contributed by atoms with Crippen molar-refractivity contribution < 1.29 is 23.2 Å². The van der Waals surface area contributed by atoms with E-state index in [1.54, 1.807) is 13.0 Å². The van der Waals surface area contributed by atoms with Gasteiger partial charge in [0.2, 0.25) is 5.89 Å². The average molecular weight is 331 g/mol. The number of aromatic nitrogens is 2. The highest BCUT2D eigenvalue weighted by Gasteiger charge is 2.39. The summed E-state index contributed by atoms with van der Waals surface area (Å²) in [7, 11) is 0. The van der Waals surface area contributed by atoms with Crippen molar-refractivity contribution >= 4 is 16.9 Å².